The summed E-state index contributed by atoms with van der Waals surface area (Å²) in [6.45, 7) is 4.12. The van der Waals surface area contributed by atoms with Crippen LogP contribution in [0.15, 0.2) is 48.7 Å². The van der Waals surface area contributed by atoms with Crippen LogP contribution in [0.4, 0.5) is 10.1 Å². The van der Waals surface area contributed by atoms with Crippen molar-refractivity contribution in [2.75, 3.05) is 5.32 Å². The molecule has 1 amide bonds. The van der Waals surface area contributed by atoms with Crippen LogP contribution in [-0.4, -0.2) is 25.5 Å². The number of nitrogens with zero attached hydrogens (tertiary/aromatic N) is 4. The monoisotopic (exact) mass is 521 g/mol. The van der Waals surface area contributed by atoms with Gasteiger partial charge in [0.05, 0.1) is 28.6 Å². The summed E-state index contributed by atoms with van der Waals surface area (Å²) in [7, 11) is 0. The van der Waals surface area contributed by atoms with Gasteiger partial charge in [-0.2, -0.15) is 10.2 Å². The average Bonchev–Trinajstić information content (AvgIpc) is 3.37. The number of anilines is 1. The van der Waals surface area contributed by atoms with Gasteiger partial charge in [0.15, 0.2) is 12.4 Å². The molecule has 0 aliphatic carbocycles. The number of hydrogen-bond acceptors (Lipinski definition) is 4. The Hall–Kier alpha value is -3.07. The Morgan fingerprint density at radius 1 is 1.06 bits per heavy atom. The molecule has 176 valence electrons. The predicted octanol–water partition coefficient (Wildman–Crippen LogP) is 6.13. The van der Waals surface area contributed by atoms with Gasteiger partial charge in [-0.05, 0) is 49.7 Å². The minimum atomic E-state index is -0.530. The van der Waals surface area contributed by atoms with Gasteiger partial charge in [-0.25, -0.2) is 9.07 Å². The molecular weight excluding hydrogens is 504 g/mol. The zero-order valence-corrected chi connectivity index (χ0v) is 20.4. The highest BCUT2D eigenvalue weighted by atomic mass is 35.5. The van der Waals surface area contributed by atoms with Gasteiger partial charge < -0.3 is 10.1 Å². The third-order valence-electron chi connectivity index (χ3n) is 5.08. The second-order valence-electron chi connectivity index (χ2n) is 7.48. The topological polar surface area (TPSA) is 74.0 Å². The standard InChI is InChI=1S/C23H19Cl3FN5O2/c1-13-22(14(2)32(29-13)11-15-3-4-16(24)9-18(15)25)28-23(33)21-7-8-31(30-21)12-34-17-5-6-20(27)19(26)10-17/h3-10H,11-12H2,1-2H3,(H,28,33). The Kier molecular flexibility index (Phi) is 7.11. The lowest BCUT2D eigenvalue weighted by molar-refractivity contribution is 0.102. The van der Waals surface area contributed by atoms with Gasteiger partial charge in [0.1, 0.15) is 11.6 Å². The lowest BCUT2D eigenvalue weighted by Crippen LogP contribution is -2.15. The molecule has 0 saturated heterocycles. The SMILES string of the molecule is Cc1nn(Cc2ccc(Cl)cc2Cl)c(C)c1NC(=O)c1ccn(COc2ccc(F)c(Cl)c2)n1. The molecule has 0 fully saturated rings. The Labute approximate surface area is 210 Å². The second-order valence-corrected chi connectivity index (χ2v) is 8.73. The fourth-order valence-electron chi connectivity index (χ4n) is 3.28. The number of ether oxygens (including phenoxy) is 1. The number of aromatic nitrogens is 4. The first-order valence-electron chi connectivity index (χ1n) is 10.1. The molecule has 4 rings (SSSR count). The molecule has 0 aliphatic heterocycles. The number of hydrogen-bond donors (Lipinski definition) is 1. The molecule has 4 aromatic rings. The molecule has 11 heteroatoms. The number of carbonyl (C=O) groups excluding carboxylic acids is 1. The molecule has 0 aliphatic rings. The number of aryl methyl sites for hydroxylation is 1. The number of benzene rings is 2. The lowest BCUT2D eigenvalue weighted by atomic mass is 10.2. The van der Waals surface area contributed by atoms with Gasteiger partial charge in [0.2, 0.25) is 0 Å². The summed E-state index contributed by atoms with van der Waals surface area (Å²) in [5.41, 5.74) is 3.09. The van der Waals surface area contributed by atoms with E-state index in [4.69, 9.17) is 39.5 Å². The number of amides is 1. The fraction of sp³-hybridized carbons (Fsp3) is 0.174. The van der Waals surface area contributed by atoms with Crippen molar-refractivity contribution in [1.29, 1.82) is 0 Å². The van der Waals surface area contributed by atoms with Crippen molar-refractivity contribution in [3.05, 3.63) is 92.2 Å². The van der Waals surface area contributed by atoms with Crippen LogP contribution in [0.3, 0.4) is 0 Å². The van der Waals surface area contributed by atoms with E-state index in [0.717, 1.165) is 11.3 Å². The van der Waals surface area contributed by atoms with Crippen LogP contribution >= 0.6 is 34.8 Å². The maximum Gasteiger partial charge on any atom is 0.276 e. The van der Waals surface area contributed by atoms with E-state index in [0.29, 0.717) is 33.7 Å². The average molecular weight is 523 g/mol. The molecule has 0 spiro atoms. The third kappa shape index (κ3) is 5.35. The van der Waals surface area contributed by atoms with Crippen molar-refractivity contribution >= 4 is 46.4 Å². The van der Waals surface area contributed by atoms with Crippen LogP contribution in [0.1, 0.15) is 27.4 Å². The highest BCUT2D eigenvalue weighted by molar-refractivity contribution is 6.35. The second kappa shape index (κ2) is 10.0. The van der Waals surface area contributed by atoms with Gasteiger partial charge in [0, 0.05) is 22.3 Å². The van der Waals surface area contributed by atoms with E-state index in [9.17, 15) is 9.18 Å². The summed E-state index contributed by atoms with van der Waals surface area (Å²) in [4.78, 5) is 12.8. The van der Waals surface area contributed by atoms with E-state index in [1.807, 2.05) is 19.9 Å². The fourth-order valence-corrected chi connectivity index (χ4v) is 3.92. The lowest BCUT2D eigenvalue weighted by Gasteiger charge is -2.08. The minimum absolute atomic E-state index is 0.0209. The van der Waals surface area contributed by atoms with E-state index >= 15 is 0 Å². The molecule has 2 aromatic carbocycles. The Bertz CT molecular complexity index is 1370. The molecule has 0 radical (unpaired) electrons. The molecule has 1 N–H and O–H groups in total. The highest BCUT2D eigenvalue weighted by Gasteiger charge is 2.18. The van der Waals surface area contributed by atoms with E-state index in [1.165, 1.54) is 22.9 Å². The summed E-state index contributed by atoms with van der Waals surface area (Å²) in [6, 6.07) is 10.9. The number of rotatable bonds is 7. The Balaban J connectivity index is 1.42. The summed E-state index contributed by atoms with van der Waals surface area (Å²) >= 11 is 18.0. The van der Waals surface area contributed by atoms with Crippen molar-refractivity contribution in [3.63, 3.8) is 0 Å². The first-order valence-corrected chi connectivity index (χ1v) is 11.2. The smallest absolute Gasteiger partial charge is 0.276 e. The number of carbonyl (C=O) groups is 1. The van der Waals surface area contributed by atoms with Crippen molar-refractivity contribution < 1.29 is 13.9 Å². The van der Waals surface area contributed by atoms with Crippen molar-refractivity contribution in [3.8, 4) is 5.75 Å². The maximum atomic E-state index is 13.3. The van der Waals surface area contributed by atoms with Crippen molar-refractivity contribution in [2.24, 2.45) is 0 Å². The highest BCUT2D eigenvalue weighted by Crippen LogP contribution is 2.25. The summed E-state index contributed by atoms with van der Waals surface area (Å²) in [5.74, 6) is -0.538. The van der Waals surface area contributed by atoms with Crippen LogP contribution in [0, 0.1) is 19.7 Å². The molecule has 7 nitrogen and oxygen atoms in total. The molecule has 0 atom stereocenters. The first kappa shape index (κ1) is 24.1. The number of nitrogens with one attached hydrogen (secondary N) is 1. The zero-order valence-electron chi connectivity index (χ0n) is 18.2. The molecular formula is C23H19Cl3FN5O2. The van der Waals surface area contributed by atoms with E-state index in [2.05, 4.69) is 15.5 Å². The van der Waals surface area contributed by atoms with E-state index in [-0.39, 0.29) is 23.4 Å². The van der Waals surface area contributed by atoms with Crippen LogP contribution in [-0.2, 0) is 13.3 Å². The summed E-state index contributed by atoms with van der Waals surface area (Å²) in [6.07, 6.45) is 1.60. The van der Waals surface area contributed by atoms with Crippen LogP contribution in [0.5, 0.6) is 5.75 Å². The van der Waals surface area contributed by atoms with Crippen molar-refractivity contribution in [2.45, 2.75) is 27.1 Å². The van der Waals surface area contributed by atoms with Gasteiger partial charge in [-0.15, -0.1) is 0 Å². The summed E-state index contributed by atoms with van der Waals surface area (Å²) in [5, 5.41) is 12.7. The Morgan fingerprint density at radius 3 is 2.59 bits per heavy atom. The molecule has 0 saturated carbocycles. The molecule has 0 bridgehead atoms. The predicted molar refractivity (Wildman–Crippen MR) is 129 cm³/mol. The maximum absolute atomic E-state index is 13.3. The van der Waals surface area contributed by atoms with Crippen molar-refractivity contribution in [1.82, 2.24) is 19.6 Å². The molecule has 2 aromatic heterocycles. The largest absolute Gasteiger partial charge is 0.471 e. The van der Waals surface area contributed by atoms with Gasteiger partial charge >= 0.3 is 0 Å². The quantitative estimate of drug-likeness (QED) is 0.317. The summed E-state index contributed by atoms with van der Waals surface area (Å²) < 4.78 is 22.0. The molecule has 34 heavy (non-hydrogen) atoms. The molecule has 0 unspecified atom stereocenters. The minimum Gasteiger partial charge on any atom is -0.471 e. The van der Waals surface area contributed by atoms with Crippen LogP contribution in [0.2, 0.25) is 15.1 Å². The van der Waals surface area contributed by atoms with E-state index in [1.54, 1.807) is 29.1 Å². The van der Waals surface area contributed by atoms with Gasteiger partial charge in [-0.3, -0.25) is 9.48 Å². The first-order chi connectivity index (χ1) is 16.2. The number of halogens is 4. The van der Waals surface area contributed by atoms with Gasteiger partial charge in [0.25, 0.3) is 5.91 Å². The van der Waals surface area contributed by atoms with E-state index < -0.39 is 5.82 Å². The van der Waals surface area contributed by atoms with Crippen LogP contribution in [0.25, 0.3) is 0 Å². The van der Waals surface area contributed by atoms with Crippen LogP contribution < -0.4 is 10.1 Å². The normalized spacial score (nSPS) is 11.0. The zero-order chi connectivity index (χ0) is 24.4. The Morgan fingerprint density at radius 2 is 1.85 bits per heavy atom. The van der Waals surface area contributed by atoms with Gasteiger partial charge in [-0.1, -0.05) is 40.9 Å². The molecule has 2 heterocycles. The third-order valence-corrected chi connectivity index (χ3v) is 5.96.